The van der Waals surface area contributed by atoms with Gasteiger partial charge in [-0.25, -0.2) is 0 Å². The van der Waals surface area contributed by atoms with Crippen LogP contribution in [0.25, 0.3) is 11.0 Å². The number of anilines is 1. The summed E-state index contributed by atoms with van der Waals surface area (Å²) in [5.41, 5.74) is 0.962. The number of benzene rings is 1. The van der Waals surface area contributed by atoms with Crippen molar-refractivity contribution in [1.29, 1.82) is 5.41 Å². The fourth-order valence-electron chi connectivity index (χ4n) is 1.25. The van der Waals surface area contributed by atoms with Gasteiger partial charge in [0, 0.05) is 5.39 Å². The van der Waals surface area contributed by atoms with Crippen molar-refractivity contribution in [3.63, 3.8) is 0 Å². The van der Waals surface area contributed by atoms with Crippen molar-refractivity contribution in [2.24, 2.45) is 0 Å². The number of carbonyl (C=O) groups is 1. The number of nitrogens with one attached hydrogen (secondary N) is 2. The lowest BCUT2D eigenvalue weighted by Crippen LogP contribution is -2.08. The molecule has 1 aromatic carbocycles. The van der Waals surface area contributed by atoms with Crippen LogP contribution >= 0.6 is 0 Å². The van der Waals surface area contributed by atoms with Crippen LogP contribution in [0.5, 0.6) is 0 Å². The standard InChI is InChI=1S/C10H8N2O2/c11-10-8(12-6-13)5-7-3-1-2-4-9(7)14-10/h1-6,11H,(H,12,13). The second kappa shape index (κ2) is 3.33. The molecule has 0 aliphatic heterocycles. The van der Waals surface area contributed by atoms with E-state index in [1.165, 1.54) is 0 Å². The van der Waals surface area contributed by atoms with Crippen molar-refractivity contribution in [2.75, 3.05) is 5.32 Å². The minimum Gasteiger partial charge on any atom is -0.437 e. The second-order valence-electron chi connectivity index (χ2n) is 2.79. The summed E-state index contributed by atoms with van der Waals surface area (Å²) in [6, 6.07) is 9.03. The highest BCUT2D eigenvalue weighted by Crippen LogP contribution is 2.14. The van der Waals surface area contributed by atoms with Crippen LogP contribution in [-0.4, -0.2) is 6.41 Å². The summed E-state index contributed by atoms with van der Waals surface area (Å²) >= 11 is 0. The molecule has 0 aliphatic rings. The van der Waals surface area contributed by atoms with Crippen LogP contribution in [0.1, 0.15) is 0 Å². The van der Waals surface area contributed by atoms with Crippen molar-refractivity contribution < 1.29 is 9.21 Å². The topological polar surface area (TPSA) is 66.1 Å². The number of hydrogen-bond donors (Lipinski definition) is 2. The van der Waals surface area contributed by atoms with Crippen molar-refractivity contribution in [2.45, 2.75) is 0 Å². The summed E-state index contributed by atoms with van der Waals surface area (Å²) in [5, 5.41) is 10.7. The summed E-state index contributed by atoms with van der Waals surface area (Å²) in [7, 11) is 0. The van der Waals surface area contributed by atoms with Crippen LogP contribution in [0.3, 0.4) is 0 Å². The van der Waals surface area contributed by atoms with E-state index in [9.17, 15) is 4.79 Å². The minimum atomic E-state index is -0.0456. The van der Waals surface area contributed by atoms with E-state index in [0.717, 1.165) is 5.39 Å². The third kappa shape index (κ3) is 1.37. The molecule has 1 amide bonds. The molecule has 70 valence electrons. The molecule has 0 bridgehead atoms. The van der Waals surface area contributed by atoms with Gasteiger partial charge < -0.3 is 9.73 Å². The summed E-state index contributed by atoms with van der Waals surface area (Å²) < 4.78 is 5.19. The predicted octanol–water partition coefficient (Wildman–Crippen LogP) is 1.48. The molecule has 0 atom stereocenters. The van der Waals surface area contributed by atoms with Crippen molar-refractivity contribution in [3.05, 3.63) is 35.9 Å². The Morgan fingerprint density at radius 1 is 1.36 bits per heavy atom. The summed E-state index contributed by atoms with van der Waals surface area (Å²) in [6.45, 7) is 0. The smallest absolute Gasteiger partial charge is 0.235 e. The molecule has 0 saturated carbocycles. The molecule has 2 N–H and O–H groups in total. The van der Waals surface area contributed by atoms with Crippen LogP contribution in [-0.2, 0) is 4.79 Å². The first kappa shape index (κ1) is 8.50. The largest absolute Gasteiger partial charge is 0.437 e. The van der Waals surface area contributed by atoms with Crippen LogP contribution in [0.4, 0.5) is 5.69 Å². The van der Waals surface area contributed by atoms with Crippen LogP contribution in [0, 0.1) is 5.41 Å². The maximum atomic E-state index is 10.2. The Labute approximate surface area is 79.7 Å². The number of para-hydroxylation sites is 1. The highest BCUT2D eigenvalue weighted by molar-refractivity contribution is 5.82. The van der Waals surface area contributed by atoms with Crippen LogP contribution in [0.15, 0.2) is 34.7 Å². The Morgan fingerprint density at radius 3 is 2.93 bits per heavy atom. The van der Waals surface area contributed by atoms with Gasteiger partial charge in [-0.15, -0.1) is 0 Å². The Kier molecular flexibility index (Phi) is 2.02. The molecule has 0 unspecified atom stereocenters. The molecule has 0 radical (unpaired) electrons. The zero-order chi connectivity index (χ0) is 9.97. The Morgan fingerprint density at radius 2 is 2.14 bits per heavy atom. The summed E-state index contributed by atoms with van der Waals surface area (Å²) in [4.78, 5) is 10.2. The first-order valence-electron chi connectivity index (χ1n) is 4.09. The second-order valence-corrected chi connectivity index (χ2v) is 2.79. The molecule has 0 aliphatic carbocycles. The molecule has 1 aromatic heterocycles. The fraction of sp³-hybridized carbons (Fsp3) is 0. The van der Waals surface area contributed by atoms with E-state index < -0.39 is 0 Å². The van der Waals surface area contributed by atoms with E-state index >= 15 is 0 Å². The molecular weight excluding hydrogens is 180 g/mol. The van der Waals surface area contributed by atoms with Crippen molar-refractivity contribution >= 4 is 23.1 Å². The lowest BCUT2D eigenvalue weighted by Gasteiger charge is -2.00. The molecule has 4 nitrogen and oxygen atoms in total. The van der Waals surface area contributed by atoms with Crippen LogP contribution in [0.2, 0.25) is 0 Å². The van der Waals surface area contributed by atoms with Gasteiger partial charge in [-0.05, 0) is 12.1 Å². The molecule has 2 rings (SSSR count). The van der Waals surface area contributed by atoms with Gasteiger partial charge >= 0.3 is 0 Å². The van der Waals surface area contributed by atoms with Crippen molar-refractivity contribution in [1.82, 2.24) is 0 Å². The molecule has 2 aromatic rings. The van der Waals surface area contributed by atoms with Gasteiger partial charge in [-0.2, -0.15) is 0 Å². The first-order chi connectivity index (χ1) is 6.81. The highest BCUT2D eigenvalue weighted by Gasteiger charge is 2.00. The molecule has 1 heterocycles. The van der Waals surface area contributed by atoms with E-state index in [4.69, 9.17) is 9.83 Å². The number of hydrogen-bond acceptors (Lipinski definition) is 3. The lowest BCUT2D eigenvalue weighted by atomic mass is 10.2. The van der Waals surface area contributed by atoms with Gasteiger partial charge in [-0.1, -0.05) is 18.2 Å². The molecule has 0 saturated heterocycles. The van der Waals surface area contributed by atoms with Crippen molar-refractivity contribution in [3.8, 4) is 0 Å². The number of amides is 1. The van der Waals surface area contributed by atoms with Gasteiger partial charge in [-0.3, -0.25) is 10.2 Å². The lowest BCUT2D eigenvalue weighted by molar-refractivity contribution is -0.105. The number of carbonyl (C=O) groups excluding carboxylic acids is 1. The third-order valence-electron chi connectivity index (χ3n) is 1.89. The van der Waals surface area contributed by atoms with Gasteiger partial charge in [0.25, 0.3) is 0 Å². The third-order valence-corrected chi connectivity index (χ3v) is 1.89. The van der Waals surface area contributed by atoms with E-state index in [-0.39, 0.29) is 5.55 Å². The predicted molar refractivity (Wildman–Crippen MR) is 51.8 cm³/mol. The van der Waals surface area contributed by atoms with Crippen LogP contribution < -0.4 is 10.9 Å². The quantitative estimate of drug-likeness (QED) is 0.701. The molecule has 14 heavy (non-hydrogen) atoms. The molecule has 4 heteroatoms. The SMILES string of the molecule is N=c1oc2ccccc2cc1NC=O. The van der Waals surface area contributed by atoms with E-state index in [0.29, 0.717) is 17.7 Å². The fourth-order valence-corrected chi connectivity index (χ4v) is 1.25. The Bertz CT molecular complexity index is 531. The van der Waals surface area contributed by atoms with Gasteiger partial charge in [0.2, 0.25) is 12.0 Å². The Hall–Kier alpha value is -2.10. The monoisotopic (exact) mass is 188 g/mol. The molecular formula is C10H8N2O2. The summed E-state index contributed by atoms with van der Waals surface area (Å²) in [6.07, 6.45) is 0.525. The van der Waals surface area contributed by atoms with E-state index in [2.05, 4.69) is 5.32 Å². The normalized spacial score (nSPS) is 10.0. The maximum absolute atomic E-state index is 10.2. The molecule has 0 spiro atoms. The zero-order valence-corrected chi connectivity index (χ0v) is 7.28. The van der Waals surface area contributed by atoms with Gasteiger partial charge in [0.05, 0.1) is 0 Å². The van der Waals surface area contributed by atoms with Gasteiger partial charge in [0.15, 0.2) is 0 Å². The summed E-state index contributed by atoms with van der Waals surface area (Å²) in [5.74, 6) is 0. The maximum Gasteiger partial charge on any atom is 0.235 e. The Balaban J connectivity index is 2.70. The van der Waals surface area contributed by atoms with E-state index in [1.807, 2.05) is 18.2 Å². The van der Waals surface area contributed by atoms with Gasteiger partial charge in [0.1, 0.15) is 11.3 Å². The van der Waals surface area contributed by atoms with E-state index in [1.54, 1.807) is 12.1 Å². The average molecular weight is 188 g/mol. The number of fused-ring (bicyclic) bond motifs is 1. The highest BCUT2D eigenvalue weighted by atomic mass is 16.3. The zero-order valence-electron chi connectivity index (χ0n) is 7.28. The number of rotatable bonds is 2. The first-order valence-corrected chi connectivity index (χ1v) is 4.09. The average Bonchev–Trinajstić information content (AvgIpc) is 2.19. The minimum absolute atomic E-state index is 0.0456. The molecule has 0 fully saturated rings.